The Balaban J connectivity index is 1.53. The molecule has 4 rings (SSSR count). The maximum absolute atomic E-state index is 6.00. The number of methoxy groups -OCH3 is 1. The zero-order valence-corrected chi connectivity index (χ0v) is 17.3. The van der Waals surface area contributed by atoms with Gasteiger partial charge in [0.1, 0.15) is 20.9 Å². The third-order valence-electron chi connectivity index (χ3n) is 4.64. The van der Waals surface area contributed by atoms with Crippen molar-refractivity contribution in [3.8, 4) is 16.5 Å². The molecule has 3 aromatic heterocycles. The van der Waals surface area contributed by atoms with Crippen LogP contribution in [0.25, 0.3) is 10.7 Å². The van der Waals surface area contributed by atoms with E-state index in [9.17, 15) is 0 Å². The van der Waals surface area contributed by atoms with Crippen LogP contribution in [0.2, 0.25) is 4.34 Å². The number of hydrogen-bond acceptors (Lipinski definition) is 8. The van der Waals surface area contributed by atoms with Crippen LogP contribution in [-0.2, 0) is 0 Å². The van der Waals surface area contributed by atoms with Gasteiger partial charge in [0, 0.05) is 26.2 Å². The van der Waals surface area contributed by atoms with Crippen molar-refractivity contribution < 1.29 is 4.74 Å². The number of piperazine rings is 1. The Labute approximate surface area is 173 Å². The molecular weight excluding hydrogens is 396 g/mol. The fourth-order valence-electron chi connectivity index (χ4n) is 3.03. The summed E-state index contributed by atoms with van der Waals surface area (Å²) in [6, 6.07) is 7.76. The summed E-state index contributed by atoms with van der Waals surface area (Å²) in [7, 11) is 3.77. The molecule has 0 amide bonds. The molecule has 1 aliphatic heterocycles. The number of thiazole rings is 1. The minimum atomic E-state index is 0.589. The molecule has 1 aliphatic rings. The molecule has 1 saturated heterocycles. The second kappa shape index (κ2) is 8.30. The Kier molecular flexibility index (Phi) is 5.61. The molecule has 28 heavy (non-hydrogen) atoms. The Morgan fingerprint density at radius 1 is 1.07 bits per heavy atom. The van der Waals surface area contributed by atoms with Crippen molar-refractivity contribution in [1.82, 2.24) is 19.9 Å². The Hall–Kier alpha value is -2.42. The van der Waals surface area contributed by atoms with Gasteiger partial charge in [-0.3, -0.25) is 0 Å². The van der Waals surface area contributed by atoms with Gasteiger partial charge in [0.15, 0.2) is 11.6 Å². The third-order valence-corrected chi connectivity index (χ3v) is 5.77. The highest BCUT2D eigenvalue weighted by Gasteiger charge is 2.15. The molecular formula is C19H21ClN6OS. The van der Waals surface area contributed by atoms with Crippen molar-refractivity contribution >= 4 is 40.3 Å². The summed E-state index contributed by atoms with van der Waals surface area (Å²) in [5.41, 5.74) is 1.86. The number of pyridine rings is 2. The van der Waals surface area contributed by atoms with E-state index in [0.29, 0.717) is 21.7 Å². The van der Waals surface area contributed by atoms with Crippen LogP contribution >= 0.6 is 22.9 Å². The molecule has 0 spiro atoms. The first-order chi connectivity index (χ1) is 13.6. The summed E-state index contributed by atoms with van der Waals surface area (Å²) in [6.07, 6.45) is 3.52. The standard InChI is InChI=1S/C19H21ClN6OS/c1-25-7-9-26(10-8-25)13-3-6-17(21-11-13)24-18-15(27-2)5-4-14(23-18)19-22-12-16(20)28-19/h3-6,11-12H,7-10H2,1-2H3,(H,21,23,24). The first-order valence-electron chi connectivity index (χ1n) is 8.95. The minimum Gasteiger partial charge on any atom is -0.493 e. The van der Waals surface area contributed by atoms with E-state index in [0.717, 1.165) is 42.6 Å². The quantitative estimate of drug-likeness (QED) is 0.679. The molecule has 146 valence electrons. The molecule has 1 fully saturated rings. The van der Waals surface area contributed by atoms with E-state index in [4.69, 9.17) is 16.3 Å². The van der Waals surface area contributed by atoms with Gasteiger partial charge < -0.3 is 19.9 Å². The van der Waals surface area contributed by atoms with Crippen molar-refractivity contribution in [3.05, 3.63) is 41.0 Å². The van der Waals surface area contributed by atoms with E-state index in [-0.39, 0.29) is 0 Å². The first-order valence-corrected chi connectivity index (χ1v) is 10.1. The topological polar surface area (TPSA) is 66.4 Å². The highest BCUT2D eigenvalue weighted by atomic mass is 35.5. The number of anilines is 3. The van der Waals surface area contributed by atoms with Crippen LogP contribution in [0, 0.1) is 0 Å². The third kappa shape index (κ3) is 4.19. The van der Waals surface area contributed by atoms with E-state index in [1.165, 1.54) is 11.3 Å². The van der Waals surface area contributed by atoms with Gasteiger partial charge >= 0.3 is 0 Å². The number of rotatable bonds is 5. The van der Waals surface area contributed by atoms with Crippen molar-refractivity contribution in [3.63, 3.8) is 0 Å². The second-order valence-electron chi connectivity index (χ2n) is 6.53. The van der Waals surface area contributed by atoms with Gasteiger partial charge in [-0.05, 0) is 31.3 Å². The van der Waals surface area contributed by atoms with Gasteiger partial charge in [0.2, 0.25) is 0 Å². The Morgan fingerprint density at radius 3 is 2.54 bits per heavy atom. The number of halogens is 1. The van der Waals surface area contributed by atoms with Crippen LogP contribution in [0.15, 0.2) is 36.7 Å². The molecule has 0 radical (unpaired) electrons. The summed E-state index contributed by atoms with van der Waals surface area (Å²) in [5.74, 6) is 1.93. The second-order valence-corrected chi connectivity index (χ2v) is 8.20. The Morgan fingerprint density at radius 2 is 1.89 bits per heavy atom. The highest BCUT2D eigenvalue weighted by molar-refractivity contribution is 7.18. The number of likely N-dealkylation sites (N-methyl/N-ethyl adjacent to an activating group) is 1. The van der Waals surface area contributed by atoms with Gasteiger partial charge in [-0.15, -0.1) is 11.3 Å². The smallest absolute Gasteiger partial charge is 0.175 e. The lowest BCUT2D eigenvalue weighted by molar-refractivity contribution is 0.313. The summed E-state index contributed by atoms with van der Waals surface area (Å²) < 4.78 is 6.06. The molecule has 3 aromatic rings. The monoisotopic (exact) mass is 416 g/mol. The van der Waals surface area contributed by atoms with Crippen LogP contribution in [0.4, 0.5) is 17.3 Å². The molecule has 7 nitrogen and oxygen atoms in total. The van der Waals surface area contributed by atoms with Gasteiger partial charge in [0.25, 0.3) is 0 Å². The lowest BCUT2D eigenvalue weighted by Crippen LogP contribution is -2.44. The number of nitrogens with zero attached hydrogens (tertiary/aromatic N) is 5. The summed E-state index contributed by atoms with van der Waals surface area (Å²) in [4.78, 5) is 18.2. The zero-order chi connectivity index (χ0) is 19.5. The lowest BCUT2D eigenvalue weighted by Gasteiger charge is -2.33. The average molecular weight is 417 g/mol. The highest BCUT2D eigenvalue weighted by Crippen LogP contribution is 2.32. The van der Waals surface area contributed by atoms with E-state index in [1.54, 1.807) is 13.3 Å². The summed E-state index contributed by atoms with van der Waals surface area (Å²) in [5, 5.41) is 4.01. The lowest BCUT2D eigenvalue weighted by atomic mass is 10.3. The average Bonchev–Trinajstić information content (AvgIpc) is 3.15. The fourth-order valence-corrected chi connectivity index (χ4v) is 3.91. The van der Waals surface area contributed by atoms with Crippen LogP contribution < -0.4 is 15.0 Å². The van der Waals surface area contributed by atoms with Crippen molar-refractivity contribution in [2.45, 2.75) is 0 Å². The number of nitrogens with one attached hydrogen (secondary N) is 1. The number of ether oxygens (including phenoxy) is 1. The fraction of sp³-hybridized carbons (Fsp3) is 0.316. The predicted octanol–water partition coefficient (Wildman–Crippen LogP) is 3.76. The molecule has 0 saturated carbocycles. The molecule has 0 atom stereocenters. The molecule has 0 aromatic carbocycles. The summed E-state index contributed by atoms with van der Waals surface area (Å²) in [6.45, 7) is 4.15. The largest absolute Gasteiger partial charge is 0.493 e. The Bertz CT molecular complexity index is 940. The van der Waals surface area contributed by atoms with E-state index in [2.05, 4.69) is 43.2 Å². The minimum absolute atomic E-state index is 0.589. The van der Waals surface area contributed by atoms with E-state index >= 15 is 0 Å². The molecule has 0 unspecified atom stereocenters. The molecule has 0 aliphatic carbocycles. The molecule has 0 bridgehead atoms. The molecule has 1 N–H and O–H groups in total. The molecule has 4 heterocycles. The van der Waals surface area contributed by atoms with Gasteiger partial charge in [-0.25, -0.2) is 15.0 Å². The SMILES string of the molecule is COc1ccc(-c2ncc(Cl)s2)nc1Nc1ccc(N2CCN(C)CC2)cn1. The predicted molar refractivity (Wildman–Crippen MR) is 114 cm³/mol. The van der Waals surface area contributed by atoms with Crippen molar-refractivity contribution in [2.24, 2.45) is 0 Å². The summed E-state index contributed by atoms with van der Waals surface area (Å²) >= 11 is 7.38. The van der Waals surface area contributed by atoms with Gasteiger partial charge in [-0.1, -0.05) is 11.6 Å². The molecule has 9 heteroatoms. The maximum atomic E-state index is 6.00. The van der Waals surface area contributed by atoms with E-state index in [1.807, 2.05) is 24.4 Å². The van der Waals surface area contributed by atoms with Crippen LogP contribution in [0.1, 0.15) is 0 Å². The normalized spacial score (nSPS) is 14.9. The van der Waals surface area contributed by atoms with Crippen LogP contribution in [-0.4, -0.2) is 60.2 Å². The van der Waals surface area contributed by atoms with Crippen molar-refractivity contribution in [2.75, 3.05) is 50.6 Å². The van der Waals surface area contributed by atoms with Crippen molar-refractivity contribution in [1.29, 1.82) is 0 Å². The van der Waals surface area contributed by atoms with Crippen LogP contribution in [0.3, 0.4) is 0 Å². The maximum Gasteiger partial charge on any atom is 0.175 e. The van der Waals surface area contributed by atoms with Crippen LogP contribution in [0.5, 0.6) is 5.75 Å². The van der Waals surface area contributed by atoms with E-state index < -0.39 is 0 Å². The number of hydrogen-bond donors (Lipinski definition) is 1. The first kappa shape index (κ1) is 18.9. The van der Waals surface area contributed by atoms with Gasteiger partial charge in [0.05, 0.1) is 25.2 Å². The number of aromatic nitrogens is 3. The zero-order valence-electron chi connectivity index (χ0n) is 15.7. The van der Waals surface area contributed by atoms with Gasteiger partial charge in [-0.2, -0.15) is 0 Å².